The molecule has 2 aromatic carbocycles. The Labute approximate surface area is 137 Å². The molecule has 0 amide bonds. The molecule has 0 aromatic heterocycles. The molecule has 0 radical (unpaired) electrons. The van der Waals surface area contributed by atoms with Crippen molar-refractivity contribution in [3.63, 3.8) is 0 Å². The molecule has 0 heterocycles. The van der Waals surface area contributed by atoms with E-state index in [2.05, 4.69) is 29.1 Å². The van der Waals surface area contributed by atoms with Crippen LogP contribution < -0.4 is 11.1 Å². The Balaban J connectivity index is 2.06. The SMILES string of the molecule is CC[C@@H](Nc1ccc(CCC(=O)OC)cc1N)c1ccccc1. The normalized spacial score (nSPS) is 11.7. The number of nitrogens with one attached hydrogen (secondary N) is 1. The lowest BCUT2D eigenvalue weighted by molar-refractivity contribution is -0.140. The number of carbonyl (C=O) groups excluding carboxylic acids is 1. The fourth-order valence-corrected chi connectivity index (χ4v) is 2.54. The van der Waals surface area contributed by atoms with Crippen molar-refractivity contribution in [3.8, 4) is 0 Å². The van der Waals surface area contributed by atoms with Crippen LogP contribution in [0.5, 0.6) is 0 Å². The summed E-state index contributed by atoms with van der Waals surface area (Å²) in [6, 6.07) is 16.4. The maximum atomic E-state index is 11.2. The van der Waals surface area contributed by atoms with E-state index in [4.69, 9.17) is 5.73 Å². The number of anilines is 2. The van der Waals surface area contributed by atoms with E-state index < -0.39 is 0 Å². The summed E-state index contributed by atoms with van der Waals surface area (Å²) < 4.78 is 4.66. The lowest BCUT2D eigenvalue weighted by Gasteiger charge is -2.20. The number of hydrogen-bond donors (Lipinski definition) is 2. The topological polar surface area (TPSA) is 64.3 Å². The molecule has 0 aliphatic rings. The predicted molar refractivity (Wildman–Crippen MR) is 94.3 cm³/mol. The first-order valence-electron chi connectivity index (χ1n) is 7.90. The summed E-state index contributed by atoms with van der Waals surface area (Å²) in [5, 5.41) is 3.50. The highest BCUT2D eigenvalue weighted by Gasteiger charge is 2.11. The van der Waals surface area contributed by atoms with Crippen LogP contribution in [-0.4, -0.2) is 13.1 Å². The third-order valence-corrected chi connectivity index (χ3v) is 3.90. The molecule has 0 unspecified atom stereocenters. The lowest BCUT2D eigenvalue weighted by Crippen LogP contribution is -2.11. The van der Waals surface area contributed by atoms with Crippen molar-refractivity contribution in [2.24, 2.45) is 0 Å². The average molecular weight is 312 g/mol. The standard InChI is InChI=1S/C19H24N2O2/c1-3-17(15-7-5-4-6-8-15)21-18-11-9-14(13-16(18)20)10-12-19(22)23-2/h4-9,11,13,17,21H,3,10,12,20H2,1-2H3/t17-/m1/s1. The van der Waals surface area contributed by atoms with Crippen LogP contribution in [0.1, 0.15) is 36.9 Å². The summed E-state index contributed by atoms with van der Waals surface area (Å²) in [4.78, 5) is 11.2. The zero-order valence-corrected chi connectivity index (χ0v) is 13.7. The van der Waals surface area contributed by atoms with E-state index in [0.29, 0.717) is 18.5 Å². The van der Waals surface area contributed by atoms with Gasteiger partial charge in [0.1, 0.15) is 0 Å². The van der Waals surface area contributed by atoms with Gasteiger partial charge in [0.05, 0.1) is 24.5 Å². The molecule has 122 valence electrons. The number of nitrogen functional groups attached to an aromatic ring is 1. The number of esters is 1. The molecule has 1 atom stereocenters. The summed E-state index contributed by atoms with van der Waals surface area (Å²) in [6.45, 7) is 2.14. The molecule has 23 heavy (non-hydrogen) atoms. The number of methoxy groups -OCH3 is 1. The van der Waals surface area contributed by atoms with Crippen molar-refractivity contribution >= 4 is 17.3 Å². The van der Waals surface area contributed by atoms with E-state index in [1.807, 2.05) is 36.4 Å². The zero-order valence-electron chi connectivity index (χ0n) is 13.7. The van der Waals surface area contributed by atoms with E-state index in [9.17, 15) is 4.79 Å². The monoisotopic (exact) mass is 312 g/mol. The highest BCUT2D eigenvalue weighted by molar-refractivity contribution is 5.70. The molecule has 0 fully saturated rings. The van der Waals surface area contributed by atoms with Gasteiger partial charge in [-0.15, -0.1) is 0 Å². The summed E-state index contributed by atoms with van der Waals surface area (Å²) in [7, 11) is 1.40. The molecule has 4 heteroatoms. The third-order valence-electron chi connectivity index (χ3n) is 3.90. The van der Waals surface area contributed by atoms with Gasteiger partial charge in [0.15, 0.2) is 0 Å². The van der Waals surface area contributed by atoms with Gasteiger partial charge in [-0.2, -0.15) is 0 Å². The van der Waals surface area contributed by atoms with Crippen LogP contribution in [-0.2, 0) is 16.0 Å². The van der Waals surface area contributed by atoms with Crippen LogP contribution in [0.2, 0.25) is 0 Å². The van der Waals surface area contributed by atoms with Gasteiger partial charge >= 0.3 is 5.97 Å². The van der Waals surface area contributed by atoms with E-state index in [1.54, 1.807) is 0 Å². The number of aryl methyl sites for hydroxylation is 1. The van der Waals surface area contributed by atoms with Crippen LogP contribution in [0.25, 0.3) is 0 Å². The van der Waals surface area contributed by atoms with Gasteiger partial charge in [-0.05, 0) is 36.1 Å². The molecular weight excluding hydrogens is 288 g/mol. The first kappa shape index (κ1) is 16.9. The maximum absolute atomic E-state index is 11.2. The molecule has 4 nitrogen and oxygen atoms in total. The Kier molecular flexibility index (Phi) is 6.03. The Morgan fingerprint density at radius 1 is 1.22 bits per heavy atom. The van der Waals surface area contributed by atoms with Crippen LogP contribution in [0.4, 0.5) is 11.4 Å². The van der Waals surface area contributed by atoms with Crippen LogP contribution >= 0.6 is 0 Å². The number of hydrogen-bond acceptors (Lipinski definition) is 4. The second kappa shape index (κ2) is 8.22. The van der Waals surface area contributed by atoms with Crippen LogP contribution in [0, 0.1) is 0 Å². The first-order chi connectivity index (χ1) is 11.1. The van der Waals surface area contributed by atoms with Crippen molar-refractivity contribution in [1.29, 1.82) is 0 Å². The van der Waals surface area contributed by atoms with E-state index in [0.717, 1.165) is 17.7 Å². The second-order valence-electron chi connectivity index (χ2n) is 5.51. The van der Waals surface area contributed by atoms with Crippen molar-refractivity contribution < 1.29 is 9.53 Å². The summed E-state index contributed by atoms with van der Waals surface area (Å²) in [5.41, 5.74) is 10.1. The quantitative estimate of drug-likeness (QED) is 0.600. The molecule has 0 saturated heterocycles. The molecule has 2 rings (SSSR count). The number of carbonyl (C=O) groups is 1. The second-order valence-corrected chi connectivity index (χ2v) is 5.51. The predicted octanol–water partition coefficient (Wildman–Crippen LogP) is 3.94. The maximum Gasteiger partial charge on any atom is 0.305 e. The molecule has 0 aliphatic heterocycles. The summed E-state index contributed by atoms with van der Waals surface area (Å²) in [6.07, 6.45) is 1.96. The van der Waals surface area contributed by atoms with Crippen molar-refractivity contribution in [1.82, 2.24) is 0 Å². The van der Waals surface area contributed by atoms with E-state index in [1.165, 1.54) is 12.7 Å². The number of benzene rings is 2. The molecule has 0 spiro atoms. The number of rotatable bonds is 7. The Bertz CT molecular complexity index is 641. The van der Waals surface area contributed by atoms with E-state index >= 15 is 0 Å². The van der Waals surface area contributed by atoms with E-state index in [-0.39, 0.29) is 12.0 Å². The van der Waals surface area contributed by atoms with Crippen molar-refractivity contribution in [2.45, 2.75) is 32.2 Å². The molecule has 0 bridgehead atoms. The lowest BCUT2D eigenvalue weighted by atomic mass is 10.0. The Morgan fingerprint density at radius 2 is 1.96 bits per heavy atom. The minimum atomic E-state index is -0.208. The van der Waals surface area contributed by atoms with Gasteiger partial charge in [0.25, 0.3) is 0 Å². The molecule has 0 saturated carbocycles. The van der Waals surface area contributed by atoms with Gasteiger partial charge in [-0.1, -0.05) is 43.3 Å². The molecule has 2 aromatic rings. The van der Waals surface area contributed by atoms with Gasteiger partial charge in [-0.25, -0.2) is 0 Å². The summed E-state index contributed by atoms with van der Waals surface area (Å²) in [5.74, 6) is -0.208. The smallest absolute Gasteiger partial charge is 0.305 e. The minimum absolute atomic E-state index is 0.208. The Morgan fingerprint density at radius 3 is 2.57 bits per heavy atom. The number of nitrogens with two attached hydrogens (primary N) is 1. The van der Waals surface area contributed by atoms with Gasteiger partial charge in [-0.3, -0.25) is 4.79 Å². The van der Waals surface area contributed by atoms with Gasteiger partial charge in [0, 0.05) is 6.42 Å². The van der Waals surface area contributed by atoms with Gasteiger partial charge in [0.2, 0.25) is 0 Å². The average Bonchev–Trinajstić information content (AvgIpc) is 2.59. The van der Waals surface area contributed by atoms with Crippen molar-refractivity contribution in [2.75, 3.05) is 18.2 Å². The van der Waals surface area contributed by atoms with Crippen LogP contribution in [0.15, 0.2) is 48.5 Å². The third kappa shape index (κ3) is 4.74. The van der Waals surface area contributed by atoms with Crippen molar-refractivity contribution in [3.05, 3.63) is 59.7 Å². The largest absolute Gasteiger partial charge is 0.469 e. The molecule has 3 N–H and O–H groups in total. The zero-order chi connectivity index (χ0) is 16.7. The van der Waals surface area contributed by atoms with Crippen LogP contribution in [0.3, 0.4) is 0 Å². The highest BCUT2D eigenvalue weighted by atomic mass is 16.5. The molecular formula is C19H24N2O2. The molecule has 0 aliphatic carbocycles. The highest BCUT2D eigenvalue weighted by Crippen LogP contribution is 2.27. The minimum Gasteiger partial charge on any atom is -0.469 e. The number of ether oxygens (including phenoxy) is 1. The Hall–Kier alpha value is -2.49. The fourth-order valence-electron chi connectivity index (χ4n) is 2.54. The first-order valence-corrected chi connectivity index (χ1v) is 7.90. The van der Waals surface area contributed by atoms with Gasteiger partial charge < -0.3 is 15.8 Å². The fraction of sp³-hybridized carbons (Fsp3) is 0.316. The summed E-state index contributed by atoms with van der Waals surface area (Å²) >= 11 is 0.